The van der Waals surface area contributed by atoms with Crippen LogP contribution in [0.4, 0.5) is 4.79 Å². The molecule has 0 radical (unpaired) electrons. The first-order valence-corrected chi connectivity index (χ1v) is 6.70. The molecule has 0 bridgehead atoms. The van der Waals surface area contributed by atoms with E-state index >= 15 is 0 Å². The zero-order valence-corrected chi connectivity index (χ0v) is 11.5. The van der Waals surface area contributed by atoms with Gasteiger partial charge in [-0.05, 0) is 31.1 Å². The second-order valence-corrected chi connectivity index (χ2v) is 5.33. The Morgan fingerprint density at radius 1 is 1.28 bits per heavy atom. The Balaban J connectivity index is 2.32. The molecule has 1 saturated carbocycles. The van der Waals surface area contributed by atoms with Gasteiger partial charge in [0.05, 0.1) is 5.41 Å². The fourth-order valence-corrected chi connectivity index (χ4v) is 2.10. The van der Waals surface area contributed by atoms with Gasteiger partial charge in [0.2, 0.25) is 0 Å². The van der Waals surface area contributed by atoms with Gasteiger partial charge >= 0.3 is 12.0 Å². The third kappa shape index (κ3) is 3.62. The zero-order chi connectivity index (χ0) is 13.8. The Bertz CT molecular complexity index is 313. The highest BCUT2D eigenvalue weighted by atomic mass is 16.4. The number of amides is 2. The maximum atomic E-state index is 11.6. The van der Waals surface area contributed by atoms with Crippen LogP contribution >= 0.6 is 0 Å². The summed E-state index contributed by atoms with van der Waals surface area (Å²) in [6, 6.07) is -0.262. The fourth-order valence-electron chi connectivity index (χ4n) is 2.10. The van der Waals surface area contributed by atoms with Gasteiger partial charge in [-0.1, -0.05) is 20.8 Å². The Kier molecular flexibility index (Phi) is 4.99. The van der Waals surface area contributed by atoms with Crippen molar-refractivity contribution in [2.24, 2.45) is 17.3 Å². The van der Waals surface area contributed by atoms with Crippen LogP contribution in [-0.2, 0) is 4.79 Å². The SMILES string of the molecule is CCC(CC)(CNC(=O)NCC1CC1C)C(=O)O. The molecule has 0 aromatic carbocycles. The van der Waals surface area contributed by atoms with Gasteiger partial charge < -0.3 is 15.7 Å². The molecule has 1 aliphatic rings. The van der Waals surface area contributed by atoms with E-state index < -0.39 is 11.4 Å². The fraction of sp³-hybridized carbons (Fsp3) is 0.846. The van der Waals surface area contributed by atoms with Crippen LogP contribution in [0.25, 0.3) is 0 Å². The lowest BCUT2D eigenvalue weighted by molar-refractivity contribution is -0.149. The number of rotatable bonds is 7. The van der Waals surface area contributed by atoms with E-state index in [0.717, 1.165) is 0 Å². The third-order valence-corrected chi connectivity index (χ3v) is 4.20. The molecule has 2 atom stereocenters. The largest absolute Gasteiger partial charge is 0.481 e. The van der Waals surface area contributed by atoms with E-state index in [9.17, 15) is 14.7 Å². The summed E-state index contributed by atoms with van der Waals surface area (Å²) >= 11 is 0. The van der Waals surface area contributed by atoms with Crippen molar-refractivity contribution in [3.8, 4) is 0 Å². The summed E-state index contributed by atoms with van der Waals surface area (Å²) in [6.45, 7) is 6.70. The van der Waals surface area contributed by atoms with E-state index in [-0.39, 0.29) is 12.6 Å². The Morgan fingerprint density at radius 3 is 2.22 bits per heavy atom. The lowest BCUT2D eigenvalue weighted by Crippen LogP contribution is -2.46. The molecule has 104 valence electrons. The maximum absolute atomic E-state index is 11.6. The normalized spacial score (nSPS) is 22.4. The lowest BCUT2D eigenvalue weighted by atomic mass is 9.82. The average molecular weight is 256 g/mol. The number of aliphatic carboxylic acids is 1. The monoisotopic (exact) mass is 256 g/mol. The van der Waals surface area contributed by atoms with Crippen molar-refractivity contribution in [1.82, 2.24) is 10.6 Å². The smallest absolute Gasteiger partial charge is 0.314 e. The molecule has 0 saturated heterocycles. The number of carbonyl (C=O) groups is 2. The number of carbonyl (C=O) groups excluding carboxylic acids is 1. The van der Waals surface area contributed by atoms with Crippen LogP contribution in [0.15, 0.2) is 0 Å². The first-order valence-electron chi connectivity index (χ1n) is 6.70. The second-order valence-electron chi connectivity index (χ2n) is 5.33. The maximum Gasteiger partial charge on any atom is 0.314 e. The molecule has 3 N–H and O–H groups in total. The molecule has 2 unspecified atom stereocenters. The van der Waals surface area contributed by atoms with Crippen LogP contribution in [-0.4, -0.2) is 30.2 Å². The van der Waals surface area contributed by atoms with Crippen LogP contribution < -0.4 is 10.6 Å². The lowest BCUT2D eigenvalue weighted by Gasteiger charge is -2.26. The van der Waals surface area contributed by atoms with Gasteiger partial charge in [0, 0.05) is 13.1 Å². The van der Waals surface area contributed by atoms with Crippen molar-refractivity contribution in [3.63, 3.8) is 0 Å². The van der Waals surface area contributed by atoms with Gasteiger partial charge in [-0.2, -0.15) is 0 Å². The number of hydrogen-bond donors (Lipinski definition) is 3. The van der Waals surface area contributed by atoms with Crippen LogP contribution in [0.5, 0.6) is 0 Å². The Hall–Kier alpha value is -1.26. The van der Waals surface area contributed by atoms with Gasteiger partial charge in [-0.3, -0.25) is 4.79 Å². The van der Waals surface area contributed by atoms with Crippen LogP contribution in [0.2, 0.25) is 0 Å². The summed E-state index contributed by atoms with van der Waals surface area (Å²) in [5.41, 5.74) is -0.843. The van der Waals surface area contributed by atoms with Gasteiger partial charge in [-0.15, -0.1) is 0 Å². The molecule has 18 heavy (non-hydrogen) atoms. The molecular formula is C13H24N2O3. The summed E-state index contributed by atoms with van der Waals surface area (Å²) in [7, 11) is 0. The number of nitrogens with one attached hydrogen (secondary N) is 2. The number of hydrogen-bond acceptors (Lipinski definition) is 2. The van der Waals surface area contributed by atoms with E-state index in [1.807, 2.05) is 13.8 Å². The summed E-state index contributed by atoms with van der Waals surface area (Å²) in [5, 5.41) is 14.7. The van der Waals surface area contributed by atoms with E-state index in [1.54, 1.807) is 0 Å². The summed E-state index contributed by atoms with van der Waals surface area (Å²) < 4.78 is 0. The minimum absolute atomic E-state index is 0.182. The highest BCUT2D eigenvalue weighted by Gasteiger charge is 2.35. The molecular weight excluding hydrogens is 232 g/mol. The van der Waals surface area contributed by atoms with Crippen molar-refractivity contribution in [1.29, 1.82) is 0 Å². The first kappa shape index (κ1) is 14.8. The van der Waals surface area contributed by atoms with Gasteiger partial charge in [0.25, 0.3) is 0 Å². The van der Waals surface area contributed by atoms with Crippen molar-refractivity contribution in [3.05, 3.63) is 0 Å². The molecule has 0 aromatic heterocycles. The van der Waals surface area contributed by atoms with E-state index in [4.69, 9.17) is 0 Å². The highest BCUT2D eigenvalue weighted by molar-refractivity contribution is 5.78. The van der Waals surface area contributed by atoms with E-state index in [2.05, 4.69) is 17.6 Å². The molecule has 5 heteroatoms. The third-order valence-electron chi connectivity index (χ3n) is 4.20. The molecule has 0 heterocycles. The van der Waals surface area contributed by atoms with Crippen molar-refractivity contribution in [2.75, 3.05) is 13.1 Å². The van der Waals surface area contributed by atoms with Crippen LogP contribution in [0.1, 0.15) is 40.0 Å². The first-order chi connectivity index (χ1) is 8.45. The van der Waals surface area contributed by atoms with Crippen LogP contribution in [0.3, 0.4) is 0 Å². The zero-order valence-electron chi connectivity index (χ0n) is 11.5. The summed E-state index contributed by atoms with van der Waals surface area (Å²) in [6.07, 6.45) is 2.20. The van der Waals surface area contributed by atoms with Gasteiger partial charge in [0.1, 0.15) is 0 Å². The summed E-state index contributed by atoms with van der Waals surface area (Å²) in [4.78, 5) is 22.8. The van der Waals surface area contributed by atoms with Crippen LogP contribution in [0, 0.1) is 17.3 Å². The molecule has 1 rings (SSSR count). The second kappa shape index (κ2) is 6.07. The topological polar surface area (TPSA) is 78.4 Å². The Labute approximate surface area is 108 Å². The predicted octanol–water partition coefficient (Wildman–Crippen LogP) is 1.83. The molecule has 0 aliphatic heterocycles. The standard InChI is InChI=1S/C13H24N2O3/c1-4-13(5-2,11(16)17)8-15-12(18)14-7-10-6-9(10)3/h9-10H,4-8H2,1-3H3,(H,16,17)(H2,14,15,18). The summed E-state index contributed by atoms with van der Waals surface area (Å²) in [5.74, 6) is 0.454. The van der Waals surface area contributed by atoms with E-state index in [1.165, 1.54) is 6.42 Å². The van der Waals surface area contributed by atoms with Gasteiger partial charge in [-0.25, -0.2) is 4.79 Å². The molecule has 1 fully saturated rings. The van der Waals surface area contributed by atoms with E-state index in [0.29, 0.717) is 31.2 Å². The van der Waals surface area contributed by atoms with Gasteiger partial charge in [0.15, 0.2) is 0 Å². The molecule has 0 aromatic rings. The molecule has 5 nitrogen and oxygen atoms in total. The molecule has 1 aliphatic carbocycles. The van der Waals surface area contributed by atoms with Crippen molar-refractivity contribution >= 4 is 12.0 Å². The number of carboxylic acids is 1. The molecule has 0 spiro atoms. The highest BCUT2D eigenvalue weighted by Crippen LogP contribution is 2.36. The Morgan fingerprint density at radius 2 is 1.83 bits per heavy atom. The number of urea groups is 1. The minimum atomic E-state index is -0.844. The molecule has 2 amide bonds. The minimum Gasteiger partial charge on any atom is -0.481 e. The predicted molar refractivity (Wildman–Crippen MR) is 69.3 cm³/mol. The van der Waals surface area contributed by atoms with Crippen molar-refractivity contribution in [2.45, 2.75) is 40.0 Å². The average Bonchev–Trinajstić information content (AvgIpc) is 3.04. The quantitative estimate of drug-likeness (QED) is 0.650. The van der Waals surface area contributed by atoms with Crippen molar-refractivity contribution < 1.29 is 14.7 Å². The number of carboxylic acid groups (broad SMARTS) is 1.